The fraction of sp³-hybridized carbons (Fsp3) is 0.360. The Bertz CT molecular complexity index is 1060. The van der Waals surface area contributed by atoms with E-state index in [1.165, 1.54) is 28.1 Å². The molecule has 3 aromatic rings. The molecule has 4 rings (SSSR count). The maximum absolute atomic E-state index is 5.88. The van der Waals surface area contributed by atoms with Crippen LogP contribution in [0, 0.1) is 27.7 Å². The number of pyridine rings is 1. The zero-order valence-electron chi connectivity index (χ0n) is 18.6. The molecule has 5 heteroatoms. The number of thiocarbonyl (C=S) groups is 1. The fourth-order valence-corrected chi connectivity index (χ4v) is 5.28. The summed E-state index contributed by atoms with van der Waals surface area (Å²) in [6.45, 7) is 13.2. The first-order chi connectivity index (χ1) is 14.3. The predicted molar refractivity (Wildman–Crippen MR) is 128 cm³/mol. The molecule has 1 fully saturated rings. The van der Waals surface area contributed by atoms with Crippen LogP contribution >= 0.6 is 12.2 Å². The largest absolute Gasteiger partial charge is 0.351 e. The highest BCUT2D eigenvalue weighted by Gasteiger charge is 2.42. The first-order valence-electron chi connectivity index (χ1n) is 10.5. The Morgan fingerprint density at radius 3 is 2.27 bits per heavy atom. The quantitative estimate of drug-likeness (QED) is 0.537. The Kier molecular flexibility index (Phi) is 5.41. The van der Waals surface area contributed by atoms with Crippen LogP contribution in [-0.2, 0) is 0 Å². The van der Waals surface area contributed by atoms with Crippen LogP contribution in [0.3, 0.4) is 0 Å². The van der Waals surface area contributed by atoms with Crippen molar-refractivity contribution in [2.45, 2.75) is 59.7 Å². The van der Waals surface area contributed by atoms with Crippen LogP contribution in [0.2, 0.25) is 0 Å². The Balaban J connectivity index is 1.91. The molecule has 0 saturated carbocycles. The Morgan fingerprint density at radius 1 is 1.00 bits per heavy atom. The van der Waals surface area contributed by atoms with E-state index in [0.29, 0.717) is 6.04 Å². The molecule has 1 N–H and O–H groups in total. The van der Waals surface area contributed by atoms with E-state index in [-0.39, 0.29) is 12.1 Å². The van der Waals surface area contributed by atoms with Gasteiger partial charge in [-0.3, -0.25) is 4.98 Å². The van der Waals surface area contributed by atoms with Crippen molar-refractivity contribution in [3.8, 4) is 0 Å². The Morgan fingerprint density at radius 2 is 1.70 bits per heavy atom. The standard InChI is InChI=1S/C25H30N4S/c1-15(2)28-18(5)14-21(19(28)6)24-23(22-9-7-8-10-26-22)27-25(30)29(24)20-12-16(3)11-17(4)13-20/h7-15,23-24H,1-6H3,(H,27,30)/t23-,24+/m1/s1. The van der Waals surface area contributed by atoms with Gasteiger partial charge in [0.1, 0.15) is 0 Å². The summed E-state index contributed by atoms with van der Waals surface area (Å²) in [5, 5.41) is 4.32. The minimum Gasteiger partial charge on any atom is -0.351 e. The lowest BCUT2D eigenvalue weighted by Gasteiger charge is -2.29. The van der Waals surface area contributed by atoms with Crippen LogP contribution in [0.5, 0.6) is 0 Å². The first kappa shape index (κ1) is 20.6. The van der Waals surface area contributed by atoms with Crippen molar-refractivity contribution in [1.29, 1.82) is 0 Å². The van der Waals surface area contributed by atoms with Crippen molar-refractivity contribution in [2.75, 3.05) is 4.90 Å². The molecule has 1 aliphatic rings. The van der Waals surface area contributed by atoms with E-state index >= 15 is 0 Å². The van der Waals surface area contributed by atoms with Crippen LogP contribution < -0.4 is 10.2 Å². The summed E-state index contributed by atoms with van der Waals surface area (Å²) >= 11 is 5.88. The topological polar surface area (TPSA) is 33.1 Å². The van der Waals surface area contributed by atoms with E-state index in [2.05, 4.69) is 91.6 Å². The molecule has 0 amide bonds. The van der Waals surface area contributed by atoms with Crippen molar-refractivity contribution in [3.63, 3.8) is 0 Å². The summed E-state index contributed by atoms with van der Waals surface area (Å²) in [7, 11) is 0. The van der Waals surface area contributed by atoms with Crippen LogP contribution in [0.4, 0.5) is 5.69 Å². The van der Waals surface area contributed by atoms with Gasteiger partial charge in [-0.25, -0.2) is 0 Å². The predicted octanol–water partition coefficient (Wildman–Crippen LogP) is 5.87. The lowest BCUT2D eigenvalue weighted by atomic mass is 9.96. The van der Waals surface area contributed by atoms with E-state index in [9.17, 15) is 0 Å². The van der Waals surface area contributed by atoms with Gasteiger partial charge < -0.3 is 14.8 Å². The third-order valence-electron chi connectivity index (χ3n) is 5.94. The molecular weight excluding hydrogens is 388 g/mol. The van der Waals surface area contributed by atoms with E-state index in [0.717, 1.165) is 16.5 Å². The van der Waals surface area contributed by atoms with Gasteiger partial charge in [-0.05, 0) is 101 Å². The summed E-state index contributed by atoms with van der Waals surface area (Å²) in [6, 6.07) is 15.5. The van der Waals surface area contributed by atoms with Gasteiger partial charge in [0, 0.05) is 29.3 Å². The fourth-order valence-electron chi connectivity index (χ4n) is 4.94. The third-order valence-corrected chi connectivity index (χ3v) is 6.26. The van der Waals surface area contributed by atoms with Gasteiger partial charge in [0.25, 0.3) is 0 Å². The van der Waals surface area contributed by atoms with E-state index in [1.807, 2.05) is 18.3 Å². The summed E-state index contributed by atoms with van der Waals surface area (Å²) in [5.41, 5.74) is 8.46. The molecular formula is C25H30N4S. The number of anilines is 1. The summed E-state index contributed by atoms with van der Waals surface area (Å²) < 4.78 is 2.41. The average Bonchev–Trinajstić information content (AvgIpc) is 3.17. The molecule has 2 atom stereocenters. The number of rotatable bonds is 4. The van der Waals surface area contributed by atoms with Gasteiger partial charge in [-0.2, -0.15) is 0 Å². The Hall–Kier alpha value is -2.66. The number of hydrogen-bond acceptors (Lipinski definition) is 2. The third kappa shape index (κ3) is 3.52. The highest BCUT2D eigenvalue weighted by atomic mass is 32.1. The lowest BCUT2D eigenvalue weighted by molar-refractivity contribution is 0.547. The highest BCUT2D eigenvalue weighted by molar-refractivity contribution is 7.80. The first-order valence-corrected chi connectivity index (χ1v) is 11.0. The van der Waals surface area contributed by atoms with Crippen molar-refractivity contribution in [1.82, 2.24) is 14.9 Å². The molecule has 1 aromatic carbocycles. The van der Waals surface area contributed by atoms with E-state index < -0.39 is 0 Å². The maximum atomic E-state index is 5.88. The normalized spacial score (nSPS) is 18.9. The summed E-state index contributed by atoms with van der Waals surface area (Å²) in [4.78, 5) is 6.95. The van der Waals surface area contributed by atoms with Crippen molar-refractivity contribution in [3.05, 3.63) is 82.4 Å². The molecule has 3 heterocycles. The molecule has 1 saturated heterocycles. The van der Waals surface area contributed by atoms with Gasteiger partial charge in [0.2, 0.25) is 0 Å². The molecule has 0 unspecified atom stereocenters. The van der Waals surface area contributed by atoms with E-state index in [4.69, 9.17) is 12.2 Å². The number of nitrogens with one attached hydrogen (secondary N) is 1. The number of hydrogen-bond donors (Lipinski definition) is 1. The zero-order chi connectivity index (χ0) is 21.6. The monoisotopic (exact) mass is 418 g/mol. The minimum atomic E-state index is -0.0133. The number of aryl methyl sites for hydroxylation is 3. The summed E-state index contributed by atoms with van der Waals surface area (Å²) in [6.07, 6.45) is 1.86. The minimum absolute atomic E-state index is 0.0133. The lowest BCUT2D eigenvalue weighted by Crippen LogP contribution is -2.29. The molecule has 156 valence electrons. The maximum Gasteiger partial charge on any atom is 0.174 e. The van der Waals surface area contributed by atoms with Gasteiger partial charge in [-0.15, -0.1) is 0 Å². The Labute approximate surface area is 184 Å². The molecule has 1 aliphatic heterocycles. The summed E-state index contributed by atoms with van der Waals surface area (Å²) in [5.74, 6) is 0. The molecule has 0 spiro atoms. The molecule has 0 aliphatic carbocycles. The van der Waals surface area contributed by atoms with E-state index in [1.54, 1.807) is 0 Å². The zero-order valence-corrected chi connectivity index (χ0v) is 19.4. The highest BCUT2D eigenvalue weighted by Crippen LogP contribution is 2.44. The second-order valence-electron chi connectivity index (χ2n) is 8.63. The molecule has 0 radical (unpaired) electrons. The van der Waals surface area contributed by atoms with Crippen LogP contribution in [0.25, 0.3) is 0 Å². The second-order valence-corrected chi connectivity index (χ2v) is 9.02. The van der Waals surface area contributed by atoms with Crippen LogP contribution in [0.1, 0.15) is 65.7 Å². The number of aromatic nitrogens is 2. The van der Waals surface area contributed by atoms with Crippen molar-refractivity contribution >= 4 is 23.0 Å². The van der Waals surface area contributed by atoms with Gasteiger partial charge in [0.05, 0.1) is 17.8 Å². The van der Waals surface area contributed by atoms with Crippen molar-refractivity contribution < 1.29 is 0 Å². The average molecular weight is 419 g/mol. The molecule has 30 heavy (non-hydrogen) atoms. The van der Waals surface area contributed by atoms with Gasteiger partial charge in [-0.1, -0.05) is 12.1 Å². The number of benzene rings is 1. The second kappa shape index (κ2) is 7.88. The molecule has 0 bridgehead atoms. The van der Waals surface area contributed by atoms with Gasteiger partial charge >= 0.3 is 0 Å². The smallest absolute Gasteiger partial charge is 0.174 e. The number of nitrogens with zero attached hydrogens (tertiary/aromatic N) is 3. The van der Waals surface area contributed by atoms with Crippen molar-refractivity contribution in [2.24, 2.45) is 0 Å². The SMILES string of the molecule is Cc1cc(C)cc(N2C(=S)N[C@H](c3ccccn3)[C@@H]2c2cc(C)n(C(C)C)c2C)c1. The molecule has 4 nitrogen and oxygen atoms in total. The van der Waals surface area contributed by atoms with Crippen LogP contribution in [0.15, 0.2) is 48.7 Å². The molecule has 2 aromatic heterocycles. The van der Waals surface area contributed by atoms with Crippen LogP contribution in [-0.4, -0.2) is 14.7 Å². The van der Waals surface area contributed by atoms with Gasteiger partial charge in [0.15, 0.2) is 5.11 Å².